The van der Waals surface area contributed by atoms with Crippen LogP contribution in [0, 0.1) is 0 Å². The summed E-state index contributed by atoms with van der Waals surface area (Å²) in [4.78, 5) is 2.72. The summed E-state index contributed by atoms with van der Waals surface area (Å²) in [5, 5.41) is 13.2. The first-order valence-electron chi connectivity index (χ1n) is 4.29. The summed E-state index contributed by atoms with van der Waals surface area (Å²) in [6, 6.07) is 4.59. The number of rotatable bonds is 4. The molecule has 0 fully saturated rings. The maximum Gasteiger partial charge on any atom is 0.0647 e. The second-order valence-corrected chi connectivity index (χ2v) is 3.72. The van der Waals surface area contributed by atoms with Gasteiger partial charge in [-0.2, -0.15) is 0 Å². The molecule has 0 aliphatic carbocycles. The Morgan fingerprint density at radius 2 is 2.13 bits per heavy atom. The molecule has 1 N–H and O–H groups in total. The zero-order chi connectivity index (χ0) is 11.3. The molecule has 15 heavy (non-hydrogen) atoms. The minimum Gasteiger partial charge on any atom is -0.396 e. The molecule has 1 aromatic rings. The van der Waals surface area contributed by atoms with E-state index in [-0.39, 0.29) is 6.61 Å². The van der Waals surface area contributed by atoms with Crippen molar-refractivity contribution in [1.82, 2.24) is 0 Å². The van der Waals surface area contributed by atoms with Gasteiger partial charge in [0, 0.05) is 11.5 Å². The molecular formula is C9H9Cl2N3O. The second kappa shape index (κ2) is 5.83. The first kappa shape index (κ1) is 12.1. The summed E-state index contributed by atoms with van der Waals surface area (Å²) < 4.78 is 0. The summed E-state index contributed by atoms with van der Waals surface area (Å²) in [7, 11) is 0. The van der Waals surface area contributed by atoms with Gasteiger partial charge in [0.2, 0.25) is 0 Å². The molecule has 1 atom stereocenters. The van der Waals surface area contributed by atoms with Crippen LogP contribution in [0.4, 0.5) is 0 Å². The van der Waals surface area contributed by atoms with Gasteiger partial charge in [-0.1, -0.05) is 34.4 Å². The van der Waals surface area contributed by atoms with Gasteiger partial charge in [0.25, 0.3) is 0 Å². The van der Waals surface area contributed by atoms with Gasteiger partial charge < -0.3 is 5.11 Å². The maximum atomic E-state index is 8.81. The van der Waals surface area contributed by atoms with Crippen LogP contribution in [0.15, 0.2) is 23.3 Å². The lowest BCUT2D eigenvalue weighted by atomic mass is 10.1. The number of nitrogens with zero attached hydrogens (tertiary/aromatic N) is 3. The van der Waals surface area contributed by atoms with Crippen LogP contribution in [-0.4, -0.2) is 11.7 Å². The Labute approximate surface area is 97.1 Å². The van der Waals surface area contributed by atoms with Crippen LogP contribution < -0.4 is 0 Å². The van der Waals surface area contributed by atoms with E-state index < -0.39 is 6.04 Å². The zero-order valence-electron chi connectivity index (χ0n) is 7.77. The van der Waals surface area contributed by atoms with Crippen molar-refractivity contribution in [1.29, 1.82) is 0 Å². The molecule has 1 rings (SSSR count). The first-order chi connectivity index (χ1) is 7.19. The van der Waals surface area contributed by atoms with Crippen LogP contribution in [-0.2, 0) is 0 Å². The largest absolute Gasteiger partial charge is 0.396 e. The van der Waals surface area contributed by atoms with Gasteiger partial charge in [0.05, 0.1) is 16.1 Å². The van der Waals surface area contributed by atoms with Gasteiger partial charge in [-0.3, -0.25) is 0 Å². The third-order valence-corrected chi connectivity index (χ3v) is 2.66. The summed E-state index contributed by atoms with van der Waals surface area (Å²) in [6.07, 6.45) is 0.363. The Kier molecular flexibility index (Phi) is 4.72. The molecule has 6 heteroatoms. The van der Waals surface area contributed by atoms with Crippen LogP contribution >= 0.6 is 23.2 Å². The fourth-order valence-electron chi connectivity index (χ4n) is 1.20. The van der Waals surface area contributed by atoms with E-state index in [0.717, 1.165) is 5.56 Å². The lowest BCUT2D eigenvalue weighted by Crippen LogP contribution is -1.97. The predicted octanol–water partition coefficient (Wildman–Crippen LogP) is 3.73. The average molecular weight is 246 g/mol. The van der Waals surface area contributed by atoms with Crippen molar-refractivity contribution < 1.29 is 5.11 Å². The molecule has 0 radical (unpaired) electrons. The fourth-order valence-corrected chi connectivity index (χ4v) is 1.50. The summed E-state index contributed by atoms with van der Waals surface area (Å²) in [5.41, 5.74) is 9.11. The number of halogens is 2. The molecule has 0 bridgehead atoms. The number of azide groups is 1. The Morgan fingerprint density at radius 3 is 2.67 bits per heavy atom. The van der Waals surface area contributed by atoms with Gasteiger partial charge >= 0.3 is 0 Å². The highest BCUT2D eigenvalue weighted by molar-refractivity contribution is 6.42. The number of hydrogen-bond acceptors (Lipinski definition) is 2. The van der Waals surface area contributed by atoms with Gasteiger partial charge in [0.15, 0.2) is 0 Å². The number of hydrogen-bond donors (Lipinski definition) is 1. The van der Waals surface area contributed by atoms with Crippen LogP contribution in [0.3, 0.4) is 0 Å². The molecule has 4 nitrogen and oxygen atoms in total. The van der Waals surface area contributed by atoms with Crippen molar-refractivity contribution in [3.8, 4) is 0 Å². The number of benzene rings is 1. The molecular weight excluding hydrogens is 237 g/mol. The minimum absolute atomic E-state index is 0.0517. The third-order valence-electron chi connectivity index (χ3n) is 1.92. The molecule has 0 saturated heterocycles. The monoisotopic (exact) mass is 245 g/mol. The molecule has 0 spiro atoms. The Balaban J connectivity index is 3.00. The summed E-state index contributed by atoms with van der Waals surface area (Å²) >= 11 is 11.6. The van der Waals surface area contributed by atoms with Crippen molar-refractivity contribution in [2.45, 2.75) is 12.5 Å². The van der Waals surface area contributed by atoms with Crippen molar-refractivity contribution >= 4 is 23.2 Å². The van der Waals surface area contributed by atoms with Gasteiger partial charge in [-0.15, -0.1) is 0 Å². The lowest BCUT2D eigenvalue weighted by molar-refractivity contribution is 0.276. The Morgan fingerprint density at radius 1 is 1.40 bits per heavy atom. The standard InChI is InChI=1S/C9H9Cl2N3O/c10-7-2-1-6(5-8(7)11)9(3-4-15)13-14-12/h1-2,5,9,15H,3-4H2. The highest BCUT2D eigenvalue weighted by atomic mass is 35.5. The van der Waals surface area contributed by atoms with Crippen LogP contribution in [0.1, 0.15) is 18.0 Å². The highest BCUT2D eigenvalue weighted by Gasteiger charge is 2.10. The van der Waals surface area contributed by atoms with Crippen molar-refractivity contribution in [2.24, 2.45) is 5.11 Å². The van der Waals surface area contributed by atoms with E-state index in [0.29, 0.717) is 16.5 Å². The zero-order valence-corrected chi connectivity index (χ0v) is 9.28. The average Bonchev–Trinajstić information content (AvgIpc) is 2.22. The van der Waals surface area contributed by atoms with E-state index in [4.69, 9.17) is 33.8 Å². The molecule has 0 heterocycles. The first-order valence-corrected chi connectivity index (χ1v) is 5.04. The van der Waals surface area contributed by atoms with E-state index >= 15 is 0 Å². The van der Waals surface area contributed by atoms with Crippen molar-refractivity contribution in [3.63, 3.8) is 0 Å². The Bertz CT molecular complexity index is 391. The van der Waals surface area contributed by atoms with E-state index in [1.54, 1.807) is 18.2 Å². The number of aliphatic hydroxyl groups excluding tert-OH is 1. The fraction of sp³-hybridized carbons (Fsp3) is 0.333. The number of aliphatic hydroxyl groups is 1. The molecule has 0 amide bonds. The van der Waals surface area contributed by atoms with E-state index in [2.05, 4.69) is 10.0 Å². The van der Waals surface area contributed by atoms with Gasteiger partial charge in [0.1, 0.15) is 0 Å². The molecule has 0 aromatic heterocycles. The van der Waals surface area contributed by atoms with Crippen LogP contribution in [0.5, 0.6) is 0 Å². The molecule has 0 aliphatic rings. The lowest BCUT2D eigenvalue weighted by Gasteiger charge is -2.10. The summed E-state index contributed by atoms with van der Waals surface area (Å²) in [6.45, 7) is -0.0517. The summed E-state index contributed by atoms with van der Waals surface area (Å²) in [5.74, 6) is 0. The van der Waals surface area contributed by atoms with E-state index in [9.17, 15) is 0 Å². The van der Waals surface area contributed by atoms with E-state index in [1.807, 2.05) is 0 Å². The minimum atomic E-state index is -0.408. The van der Waals surface area contributed by atoms with Crippen LogP contribution in [0.2, 0.25) is 10.0 Å². The highest BCUT2D eigenvalue weighted by Crippen LogP contribution is 2.28. The quantitative estimate of drug-likeness (QED) is 0.490. The normalized spacial score (nSPS) is 11.9. The predicted molar refractivity (Wildman–Crippen MR) is 60.1 cm³/mol. The van der Waals surface area contributed by atoms with Crippen molar-refractivity contribution in [3.05, 3.63) is 44.3 Å². The smallest absolute Gasteiger partial charge is 0.0647 e. The molecule has 1 aromatic carbocycles. The maximum absolute atomic E-state index is 8.81. The molecule has 1 unspecified atom stereocenters. The third kappa shape index (κ3) is 3.29. The topological polar surface area (TPSA) is 69.0 Å². The second-order valence-electron chi connectivity index (χ2n) is 2.91. The van der Waals surface area contributed by atoms with Gasteiger partial charge in [-0.25, -0.2) is 0 Å². The van der Waals surface area contributed by atoms with E-state index in [1.165, 1.54) is 0 Å². The molecule has 80 valence electrons. The van der Waals surface area contributed by atoms with Gasteiger partial charge in [-0.05, 0) is 29.6 Å². The molecule has 0 aliphatic heterocycles. The Hall–Kier alpha value is -0.930. The SMILES string of the molecule is [N-]=[N+]=NC(CCO)c1ccc(Cl)c(Cl)c1. The van der Waals surface area contributed by atoms with Crippen LogP contribution in [0.25, 0.3) is 10.4 Å². The molecule has 0 saturated carbocycles. The van der Waals surface area contributed by atoms with Crippen molar-refractivity contribution in [2.75, 3.05) is 6.61 Å².